The Balaban J connectivity index is 1.79. The van der Waals surface area contributed by atoms with E-state index in [9.17, 15) is 0 Å². The smallest absolute Gasteiger partial charge is 0.191 e. The summed E-state index contributed by atoms with van der Waals surface area (Å²) in [6.07, 6.45) is 1.02. The van der Waals surface area contributed by atoms with E-state index in [1.807, 2.05) is 13.8 Å². The molecule has 4 atom stereocenters. The van der Waals surface area contributed by atoms with Crippen molar-refractivity contribution in [3.63, 3.8) is 0 Å². The standard InChI is InChI=1S/C17H27ClN4O4S/c1-4-7-27-16-21-14(18)11(19)15(22-16)20-9-8-10(24-6-5-23)13-12(9)25-17(2,3)26-13/h9-10,12-13,23H,4-8,19H2,1-3H3,(H,20,21,22)/t9-,10+,12?,13?/m0/s1. The number of rotatable bonds is 8. The summed E-state index contributed by atoms with van der Waals surface area (Å²) in [6.45, 7) is 6.06. The fourth-order valence-corrected chi connectivity index (χ4v) is 4.33. The Morgan fingerprint density at radius 3 is 2.81 bits per heavy atom. The maximum atomic E-state index is 9.08. The van der Waals surface area contributed by atoms with Crippen LogP contribution in [-0.2, 0) is 14.2 Å². The molecule has 27 heavy (non-hydrogen) atoms. The van der Waals surface area contributed by atoms with Gasteiger partial charge in [0.1, 0.15) is 17.9 Å². The lowest BCUT2D eigenvalue weighted by atomic mass is 10.2. The van der Waals surface area contributed by atoms with Crippen molar-refractivity contribution in [3.05, 3.63) is 5.15 Å². The number of aliphatic hydroxyl groups excluding tert-OH is 1. The van der Waals surface area contributed by atoms with Crippen molar-refractivity contribution in [3.8, 4) is 0 Å². The van der Waals surface area contributed by atoms with Crippen LogP contribution in [0.1, 0.15) is 33.6 Å². The second-order valence-electron chi connectivity index (χ2n) is 7.09. The van der Waals surface area contributed by atoms with Gasteiger partial charge in [-0.05, 0) is 26.7 Å². The highest BCUT2D eigenvalue weighted by atomic mass is 35.5. The number of anilines is 2. The van der Waals surface area contributed by atoms with Crippen LogP contribution in [0.3, 0.4) is 0 Å². The monoisotopic (exact) mass is 418 g/mol. The number of nitrogens with zero attached hydrogens (tertiary/aromatic N) is 2. The summed E-state index contributed by atoms with van der Waals surface area (Å²) in [6, 6.07) is -0.113. The van der Waals surface area contributed by atoms with Gasteiger partial charge in [0.15, 0.2) is 21.9 Å². The molecular formula is C17H27ClN4O4S. The van der Waals surface area contributed by atoms with Crippen LogP contribution in [0.25, 0.3) is 0 Å². The average Bonchev–Trinajstić information content (AvgIpc) is 3.09. The first-order chi connectivity index (χ1) is 12.8. The molecule has 0 amide bonds. The zero-order chi connectivity index (χ0) is 19.6. The molecule has 3 rings (SSSR count). The number of nitrogens with two attached hydrogens (primary N) is 1. The van der Waals surface area contributed by atoms with Gasteiger partial charge < -0.3 is 30.4 Å². The lowest BCUT2D eigenvalue weighted by Gasteiger charge is -2.24. The minimum absolute atomic E-state index is 0.0390. The Morgan fingerprint density at radius 1 is 1.37 bits per heavy atom. The number of fused-ring (bicyclic) bond motifs is 1. The first-order valence-corrected chi connectivity index (χ1v) is 10.5. The second-order valence-corrected chi connectivity index (χ2v) is 8.51. The zero-order valence-corrected chi connectivity index (χ0v) is 17.3. The largest absolute Gasteiger partial charge is 0.394 e. The molecule has 4 N–H and O–H groups in total. The maximum Gasteiger partial charge on any atom is 0.191 e. The van der Waals surface area contributed by atoms with Gasteiger partial charge in [-0.1, -0.05) is 30.3 Å². The Labute approximate surface area is 168 Å². The van der Waals surface area contributed by atoms with Crippen LogP contribution >= 0.6 is 23.4 Å². The lowest BCUT2D eigenvalue weighted by Crippen LogP contribution is -2.35. The van der Waals surface area contributed by atoms with Crippen molar-refractivity contribution in [1.29, 1.82) is 0 Å². The molecule has 1 aromatic heterocycles. The van der Waals surface area contributed by atoms with Crippen molar-refractivity contribution in [2.24, 2.45) is 0 Å². The van der Waals surface area contributed by atoms with Gasteiger partial charge in [0.05, 0.1) is 25.4 Å². The summed E-state index contributed by atoms with van der Waals surface area (Å²) < 4.78 is 17.9. The predicted octanol–water partition coefficient (Wildman–Crippen LogP) is 2.30. The van der Waals surface area contributed by atoms with E-state index >= 15 is 0 Å². The molecule has 2 unspecified atom stereocenters. The number of aliphatic hydroxyl groups is 1. The third kappa shape index (κ3) is 4.78. The van der Waals surface area contributed by atoms with Crippen molar-refractivity contribution < 1.29 is 19.3 Å². The third-order valence-corrected chi connectivity index (χ3v) is 5.81. The van der Waals surface area contributed by atoms with E-state index in [-0.39, 0.29) is 42.7 Å². The molecule has 2 fully saturated rings. The molecule has 0 radical (unpaired) electrons. The zero-order valence-electron chi connectivity index (χ0n) is 15.8. The molecule has 2 aliphatic rings. The summed E-state index contributed by atoms with van der Waals surface area (Å²) in [5.74, 6) is 0.692. The van der Waals surface area contributed by atoms with Gasteiger partial charge in [-0.2, -0.15) is 0 Å². The number of ether oxygens (including phenoxy) is 3. The van der Waals surface area contributed by atoms with E-state index < -0.39 is 5.79 Å². The van der Waals surface area contributed by atoms with Crippen LogP contribution in [0.5, 0.6) is 0 Å². The summed E-state index contributed by atoms with van der Waals surface area (Å²) in [7, 11) is 0. The Hall–Kier alpha value is -0.840. The lowest BCUT2D eigenvalue weighted by molar-refractivity contribution is -0.167. The van der Waals surface area contributed by atoms with Crippen molar-refractivity contribution >= 4 is 34.9 Å². The molecule has 152 valence electrons. The molecule has 1 aliphatic heterocycles. The van der Waals surface area contributed by atoms with E-state index in [1.54, 1.807) is 0 Å². The molecule has 0 aromatic carbocycles. The van der Waals surface area contributed by atoms with Crippen molar-refractivity contribution in [2.45, 2.75) is 68.9 Å². The minimum Gasteiger partial charge on any atom is -0.394 e. The fourth-order valence-electron chi connectivity index (χ4n) is 3.41. The number of aromatic nitrogens is 2. The van der Waals surface area contributed by atoms with Crippen LogP contribution in [-0.4, -0.2) is 64.2 Å². The van der Waals surface area contributed by atoms with Gasteiger partial charge in [-0.3, -0.25) is 0 Å². The van der Waals surface area contributed by atoms with E-state index in [4.69, 9.17) is 36.7 Å². The molecule has 1 saturated carbocycles. The normalized spacial score (nSPS) is 29.1. The molecule has 8 nitrogen and oxygen atoms in total. The second kappa shape index (κ2) is 8.67. The van der Waals surface area contributed by atoms with Crippen LogP contribution < -0.4 is 11.1 Å². The van der Waals surface area contributed by atoms with E-state index in [0.29, 0.717) is 23.1 Å². The number of hydrogen-bond acceptors (Lipinski definition) is 9. The van der Waals surface area contributed by atoms with Gasteiger partial charge in [0.25, 0.3) is 0 Å². The molecule has 0 spiro atoms. The number of halogens is 1. The fraction of sp³-hybridized carbons (Fsp3) is 0.765. The molecule has 1 saturated heterocycles. The Morgan fingerprint density at radius 2 is 2.11 bits per heavy atom. The van der Waals surface area contributed by atoms with Crippen LogP contribution in [0.4, 0.5) is 11.5 Å². The highest BCUT2D eigenvalue weighted by Gasteiger charge is 2.54. The van der Waals surface area contributed by atoms with Crippen molar-refractivity contribution in [2.75, 3.05) is 30.0 Å². The van der Waals surface area contributed by atoms with Gasteiger partial charge in [0.2, 0.25) is 0 Å². The quantitative estimate of drug-likeness (QED) is 0.332. The molecule has 0 bridgehead atoms. The van der Waals surface area contributed by atoms with Crippen molar-refractivity contribution in [1.82, 2.24) is 9.97 Å². The van der Waals surface area contributed by atoms with Gasteiger partial charge in [-0.15, -0.1) is 0 Å². The molecule has 1 aliphatic carbocycles. The molecular weight excluding hydrogens is 392 g/mol. The van der Waals surface area contributed by atoms with Crippen LogP contribution in [0, 0.1) is 0 Å². The van der Waals surface area contributed by atoms with Gasteiger partial charge in [-0.25, -0.2) is 9.97 Å². The predicted molar refractivity (Wildman–Crippen MR) is 105 cm³/mol. The minimum atomic E-state index is -0.701. The summed E-state index contributed by atoms with van der Waals surface area (Å²) in [4.78, 5) is 8.76. The number of hydrogen-bond donors (Lipinski definition) is 3. The Kier molecular flexibility index (Phi) is 6.70. The van der Waals surface area contributed by atoms with E-state index in [0.717, 1.165) is 12.2 Å². The number of thioether (sulfide) groups is 1. The Bertz CT molecular complexity index is 666. The first-order valence-electron chi connectivity index (χ1n) is 9.15. The van der Waals surface area contributed by atoms with E-state index in [2.05, 4.69) is 22.2 Å². The van der Waals surface area contributed by atoms with Gasteiger partial charge in [0, 0.05) is 5.75 Å². The molecule has 2 heterocycles. The highest BCUT2D eigenvalue weighted by Crippen LogP contribution is 2.41. The SMILES string of the molecule is CCCSc1nc(Cl)c(N)c(N[C@H]2C[C@@H](OCCO)C3OC(C)(C)OC32)n1. The molecule has 1 aromatic rings. The topological polar surface area (TPSA) is 112 Å². The number of nitrogen functional groups attached to an aromatic ring is 1. The van der Waals surface area contributed by atoms with Crippen LogP contribution in [0.15, 0.2) is 5.16 Å². The molecule has 10 heteroatoms. The van der Waals surface area contributed by atoms with E-state index in [1.165, 1.54) is 11.8 Å². The summed E-state index contributed by atoms with van der Waals surface area (Å²) in [5, 5.41) is 13.3. The average molecular weight is 419 g/mol. The first kappa shape index (κ1) is 20.9. The highest BCUT2D eigenvalue weighted by molar-refractivity contribution is 7.99. The summed E-state index contributed by atoms with van der Waals surface area (Å²) in [5.41, 5.74) is 6.41. The number of nitrogens with one attached hydrogen (secondary N) is 1. The van der Waals surface area contributed by atoms with Crippen LogP contribution in [0.2, 0.25) is 5.15 Å². The summed E-state index contributed by atoms with van der Waals surface area (Å²) >= 11 is 7.73. The third-order valence-electron chi connectivity index (χ3n) is 4.47. The van der Waals surface area contributed by atoms with Gasteiger partial charge >= 0.3 is 0 Å². The maximum absolute atomic E-state index is 9.08.